The van der Waals surface area contributed by atoms with Crippen LogP contribution in [0.1, 0.15) is 35.8 Å². The van der Waals surface area contributed by atoms with Gasteiger partial charge in [0.05, 0.1) is 12.6 Å². The molecular formula is C18H22N2O2S. The number of urea groups is 1. The van der Waals surface area contributed by atoms with E-state index in [2.05, 4.69) is 5.32 Å². The van der Waals surface area contributed by atoms with Crippen LogP contribution in [0.4, 0.5) is 4.79 Å². The van der Waals surface area contributed by atoms with Crippen molar-refractivity contribution in [1.82, 2.24) is 10.2 Å². The largest absolute Gasteiger partial charge is 0.388 e. The van der Waals surface area contributed by atoms with E-state index in [0.717, 1.165) is 29.8 Å². The fraction of sp³-hybridized carbons (Fsp3) is 0.389. The summed E-state index contributed by atoms with van der Waals surface area (Å²) < 4.78 is 0. The molecule has 23 heavy (non-hydrogen) atoms. The molecule has 2 heterocycles. The number of amides is 2. The van der Waals surface area contributed by atoms with Gasteiger partial charge in [0, 0.05) is 17.5 Å². The van der Waals surface area contributed by atoms with Crippen molar-refractivity contribution in [3.8, 4) is 0 Å². The predicted molar refractivity (Wildman–Crippen MR) is 92.3 cm³/mol. The molecule has 3 rings (SSSR count). The number of nitrogens with one attached hydrogen (secondary N) is 1. The van der Waals surface area contributed by atoms with Gasteiger partial charge in [0.1, 0.15) is 0 Å². The smallest absolute Gasteiger partial charge is 0.317 e. The zero-order chi connectivity index (χ0) is 16.1. The molecule has 1 fully saturated rings. The molecule has 0 spiro atoms. The monoisotopic (exact) mass is 330 g/mol. The molecule has 5 heteroatoms. The number of nitrogens with zero attached hydrogens (tertiary/aromatic N) is 1. The molecule has 2 aromatic rings. The number of hydrogen-bond acceptors (Lipinski definition) is 3. The van der Waals surface area contributed by atoms with Gasteiger partial charge in [-0.3, -0.25) is 0 Å². The Morgan fingerprint density at radius 1 is 1.30 bits per heavy atom. The molecule has 1 saturated heterocycles. The van der Waals surface area contributed by atoms with Gasteiger partial charge in [0.15, 0.2) is 0 Å². The molecule has 2 atom stereocenters. The number of carbonyl (C=O) groups excluding carboxylic acids is 1. The Hall–Kier alpha value is -1.85. The van der Waals surface area contributed by atoms with E-state index in [0.29, 0.717) is 13.0 Å². The standard InChI is InChI=1S/C18H22N2O2S/c21-17(14-6-2-1-3-7-14)12-15-8-4-10-20(15)18(22)19-13-16-9-5-11-23-16/h1-3,5-7,9,11,15,17,21H,4,8,10,12-13H2,(H,19,22). The maximum atomic E-state index is 12.4. The maximum Gasteiger partial charge on any atom is 0.317 e. The van der Waals surface area contributed by atoms with Gasteiger partial charge in [0.25, 0.3) is 0 Å². The van der Waals surface area contributed by atoms with Crippen molar-refractivity contribution < 1.29 is 9.90 Å². The summed E-state index contributed by atoms with van der Waals surface area (Å²) in [6.45, 7) is 1.34. The van der Waals surface area contributed by atoms with Gasteiger partial charge >= 0.3 is 6.03 Å². The highest BCUT2D eigenvalue weighted by Crippen LogP contribution is 2.27. The Balaban J connectivity index is 1.55. The number of carbonyl (C=O) groups is 1. The van der Waals surface area contributed by atoms with Crippen LogP contribution < -0.4 is 5.32 Å². The molecule has 122 valence electrons. The molecule has 2 N–H and O–H groups in total. The SMILES string of the molecule is O=C(NCc1cccs1)N1CCCC1CC(O)c1ccccc1. The van der Waals surface area contributed by atoms with Crippen LogP contribution in [0.25, 0.3) is 0 Å². The lowest BCUT2D eigenvalue weighted by molar-refractivity contribution is 0.126. The van der Waals surface area contributed by atoms with Crippen molar-refractivity contribution in [2.75, 3.05) is 6.54 Å². The second kappa shape index (κ2) is 7.62. The molecule has 2 amide bonds. The van der Waals surface area contributed by atoms with Crippen molar-refractivity contribution in [3.05, 3.63) is 58.3 Å². The average Bonchev–Trinajstić information content (AvgIpc) is 3.25. The van der Waals surface area contributed by atoms with Crippen LogP contribution in [0.5, 0.6) is 0 Å². The summed E-state index contributed by atoms with van der Waals surface area (Å²) in [4.78, 5) is 15.4. The minimum atomic E-state index is -0.521. The van der Waals surface area contributed by atoms with Crippen LogP contribution in [-0.4, -0.2) is 28.6 Å². The number of hydrogen-bond donors (Lipinski definition) is 2. The highest BCUT2D eigenvalue weighted by Gasteiger charge is 2.30. The van der Waals surface area contributed by atoms with Gasteiger partial charge in [-0.15, -0.1) is 11.3 Å². The van der Waals surface area contributed by atoms with Crippen LogP contribution in [0.3, 0.4) is 0 Å². The molecule has 4 nitrogen and oxygen atoms in total. The minimum Gasteiger partial charge on any atom is -0.388 e. The molecule has 0 saturated carbocycles. The van der Waals surface area contributed by atoms with Crippen LogP contribution in [0.2, 0.25) is 0 Å². The number of aliphatic hydroxyl groups excluding tert-OH is 1. The summed E-state index contributed by atoms with van der Waals surface area (Å²) in [5.41, 5.74) is 0.915. The van der Waals surface area contributed by atoms with Crippen LogP contribution in [0.15, 0.2) is 47.8 Å². The van der Waals surface area contributed by atoms with Gasteiger partial charge in [-0.25, -0.2) is 4.79 Å². The van der Waals surface area contributed by atoms with E-state index in [9.17, 15) is 9.90 Å². The molecule has 1 aromatic carbocycles. The third kappa shape index (κ3) is 4.12. The van der Waals surface area contributed by atoms with E-state index in [1.807, 2.05) is 52.7 Å². The van der Waals surface area contributed by atoms with Crippen LogP contribution in [0, 0.1) is 0 Å². The fourth-order valence-electron chi connectivity index (χ4n) is 3.09. The molecule has 2 unspecified atom stereocenters. The van der Waals surface area contributed by atoms with E-state index < -0.39 is 6.10 Å². The van der Waals surface area contributed by atoms with Crippen molar-refractivity contribution in [3.63, 3.8) is 0 Å². The predicted octanol–water partition coefficient (Wildman–Crippen LogP) is 3.55. The second-order valence-corrected chi connectivity index (χ2v) is 6.92. The molecular weight excluding hydrogens is 308 g/mol. The van der Waals surface area contributed by atoms with Crippen LogP contribution in [-0.2, 0) is 6.54 Å². The lowest BCUT2D eigenvalue weighted by atomic mass is 10.0. The van der Waals surface area contributed by atoms with Crippen molar-refractivity contribution in [2.24, 2.45) is 0 Å². The third-order valence-corrected chi connectivity index (χ3v) is 5.19. The minimum absolute atomic E-state index is 0.0267. The summed E-state index contributed by atoms with van der Waals surface area (Å²) >= 11 is 1.64. The Morgan fingerprint density at radius 3 is 2.87 bits per heavy atom. The van der Waals surface area contributed by atoms with E-state index >= 15 is 0 Å². The van der Waals surface area contributed by atoms with E-state index in [1.54, 1.807) is 11.3 Å². The molecule has 0 aliphatic carbocycles. The van der Waals surface area contributed by atoms with Crippen molar-refractivity contribution >= 4 is 17.4 Å². The summed E-state index contributed by atoms with van der Waals surface area (Å²) in [5.74, 6) is 0. The van der Waals surface area contributed by atoms with E-state index in [-0.39, 0.29) is 12.1 Å². The number of benzene rings is 1. The first-order valence-electron chi connectivity index (χ1n) is 8.04. The Kier molecular flexibility index (Phi) is 5.31. The number of thiophene rings is 1. The number of aliphatic hydroxyl groups is 1. The first kappa shape index (κ1) is 16.0. The van der Waals surface area contributed by atoms with Crippen molar-refractivity contribution in [2.45, 2.75) is 38.0 Å². The molecule has 1 aliphatic heterocycles. The maximum absolute atomic E-state index is 12.4. The van der Waals surface area contributed by atoms with Crippen molar-refractivity contribution in [1.29, 1.82) is 0 Å². The second-order valence-electron chi connectivity index (χ2n) is 5.89. The lowest BCUT2D eigenvalue weighted by Gasteiger charge is -2.27. The molecule has 1 aliphatic rings. The zero-order valence-corrected chi connectivity index (χ0v) is 13.8. The third-order valence-electron chi connectivity index (χ3n) is 4.31. The fourth-order valence-corrected chi connectivity index (χ4v) is 3.74. The molecule has 0 bridgehead atoms. The quantitative estimate of drug-likeness (QED) is 0.881. The Labute approximate surface area is 140 Å². The highest BCUT2D eigenvalue weighted by atomic mass is 32.1. The van der Waals surface area contributed by atoms with E-state index in [4.69, 9.17) is 0 Å². The van der Waals surface area contributed by atoms with Gasteiger partial charge < -0.3 is 15.3 Å². The Bertz CT molecular complexity index is 615. The lowest BCUT2D eigenvalue weighted by Crippen LogP contribution is -2.43. The first-order valence-corrected chi connectivity index (χ1v) is 8.92. The number of rotatable bonds is 5. The first-order chi connectivity index (χ1) is 11.2. The zero-order valence-electron chi connectivity index (χ0n) is 13.0. The number of likely N-dealkylation sites (tertiary alicyclic amines) is 1. The summed E-state index contributed by atoms with van der Waals surface area (Å²) in [6.07, 6.45) is 2.03. The van der Waals surface area contributed by atoms with E-state index in [1.165, 1.54) is 0 Å². The van der Waals surface area contributed by atoms with Gasteiger partial charge in [0.2, 0.25) is 0 Å². The Morgan fingerprint density at radius 2 is 2.13 bits per heavy atom. The summed E-state index contributed by atoms with van der Waals surface area (Å²) in [6, 6.07) is 13.7. The summed E-state index contributed by atoms with van der Waals surface area (Å²) in [7, 11) is 0. The molecule has 0 radical (unpaired) electrons. The van der Waals surface area contributed by atoms with Gasteiger partial charge in [-0.05, 0) is 36.3 Å². The van der Waals surface area contributed by atoms with Crippen LogP contribution >= 0.6 is 11.3 Å². The topological polar surface area (TPSA) is 52.6 Å². The summed E-state index contributed by atoms with van der Waals surface area (Å²) in [5, 5.41) is 15.4. The average molecular weight is 330 g/mol. The highest BCUT2D eigenvalue weighted by molar-refractivity contribution is 7.09. The van der Waals surface area contributed by atoms with Gasteiger partial charge in [-0.2, -0.15) is 0 Å². The van der Waals surface area contributed by atoms with Gasteiger partial charge in [-0.1, -0.05) is 36.4 Å². The molecule has 1 aromatic heterocycles. The normalized spacial score (nSPS) is 18.8.